The van der Waals surface area contributed by atoms with Gasteiger partial charge in [-0.2, -0.15) is 0 Å². The van der Waals surface area contributed by atoms with Crippen molar-refractivity contribution in [2.24, 2.45) is 0 Å². The molecule has 1 aliphatic rings. The third kappa shape index (κ3) is 2.84. The van der Waals surface area contributed by atoms with Gasteiger partial charge in [0.25, 0.3) is 11.6 Å². The average Bonchev–Trinajstić information content (AvgIpc) is 2.66. The van der Waals surface area contributed by atoms with E-state index in [0.29, 0.717) is 21.3 Å². The second-order valence-electron chi connectivity index (χ2n) is 3.89. The molecular weight excluding hydrogens is 320 g/mol. The molecule has 1 saturated heterocycles. The summed E-state index contributed by atoms with van der Waals surface area (Å²) in [7, 11) is 0. The summed E-state index contributed by atoms with van der Waals surface area (Å²) in [5.74, 6) is -0.180. The number of nitrogens with zero attached hydrogens (tertiary/aromatic N) is 2. The molecule has 0 spiro atoms. The summed E-state index contributed by atoms with van der Waals surface area (Å²) in [5.41, 5.74) is 0.351. The number of nitro benzene ring substituents is 1. The van der Waals surface area contributed by atoms with Gasteiger partial charge in [0.15, 0.2) is 0 Å². The minimum absolute atomic E-state index is 0.0632. The fourth-order valence-corrected chi connectivity index (χ4v) is 3.25. The van der Waals surface area contributed by atoms with Crippen LogP contribution in [-0.2, 0) is 4.79 Å². The molecule has 1 aromatic rings. The number of thioether (sulfide) groups is 1. The lowest BCUT2D eigenvalue weighted by Crippen LogP contribution is -2.27. The van der Waals surface area contributed by atoms with Gasteiger partial charge in [-0.15, -0.1) is 0 Å². The Morgan fingerprint density at radius 1 is 1.55 bits per heavy atom. The molecular formula is C12H9ClN2O3S2. The monoisotopic (exact) mass is 328 g/mol. The summed E-state index contributed by atoms with van der Waals surface area (Å²) in [6.07, 6.45) is 1.58. The Bertz CT molecular complexity index is 646. The Morgan fingerprint density at radius 3 is 2.80 bits per heavy atom. The molecule has 1 aliphatic heterocycles. The summed E-state index contributed by atoms with van der Waals surface area (Å²) in [6, 6.07) is 4.39. The summed E-state index contributed by atoms with van der Waals surface area (Å²) in [4.78, 5) is 24.2. The summed E-state index contributed by atoms with van der Waals surface area (Å²) in [6.45, 7) is 2.34. The fourth-order valence-electron chi connectivity index (χ4n) is 1.68. The van der Waals surface area contributed by atoms with Crippen LogP contribution >= 0.6 is 35.6 Å². The largest absolute Gasteiger partial charge is 0.293 e. The average molecular weight is 329 g/mol. The normalized spacial score (nSPS) is 17.1. The Labute approximate surface area is 129 Å². The van der Waals surface area contributed by atoms with Gasteiger partial charge in [-0.05, 0) is 24.6 Å². The molecule has 0 aromatic heterocycles. The van der Waals surface area contributed by atoms with Crippen molar-refractivity contribution in [3.8, 4) is 0 Å². The van der Waals surface area contributed by atoms with Gasteiger partial charge in [0, 0.05) is 12.6 Å². The molecule has 2 rings (SSSR count). The van der Waals surface area contributed by atoms with Crippen molar-refractivity contribution in [3.05, 3.63) is 43.8 Å². The molecule has 0 saturated carbocycles. The topological polar surface area (TPSA) is 63.5 Å². The van der Waals surface area contributed by atoms with Crippen LogP contribution in [0, 0.1) is 10.1 Å². The van der Waals surface area contributed by atoms with E-state index < -0.39 is 4.92 Å². The van der Waals surface area contributed by atoms with Gasteiger partial charge in [0.1, 0.15) is 9.34 Å². The number of amides is 1. The number of benzene rings is 1. The molecule has 0 radical (unpaired) electrons. The lowest BCUT2D eigenvalue weighted by Gasteiger charge is -2.09. The number of carbonyl (C=O) groups excluding carboxylic acids is 1. The Morgan fingerprint density at radius 2 is 2.25 bits per heavy atom. The van der Waals surface area contributed by atoms with Crippen molar-refractivity contribution in [2.75, 3.05) is 6.54 Å². The zero-order valence-corrected chi connectivity index (χ0v) is 12.7. The molecule has 0 bridgehead atoms. The maximum absolute atomic E-state index is 12.0. The number of thiocarbonyl (C=S) groups is 1. The van der Waals surface area contributed by atoms with Gasteiger partial charge in [0.2, 0.25) is 0 Å². The van der Waals surface area contributed by atoms with Crippen LogP contribution in [0.4, 0.5) is 5.69 Å². The predicted molar refractivity (Wildman–Crippen MR) is 83.7 cm³/mol. The highest BCUT2D eigenvalue weighted by Gasteiger charge is 2.30. The summed E-state index contributed by atoms with van der Waals surface area (Å²) >= 11 is 12.0. The van der Waals surface area contributed by atoms with E-state index in [9.17, 15) is 14.9 Å². The second kappa shape index (κ2) is 5.90. The zero-order valence-electron chi connectivity index (χ0n) is 10.3. The van der Waals surface area contributed by atoms with E-state index >= 15 is 0 Å². The Balaban J connectivity index is 2.37. The van der Waals surface area contributed by atoms with Crippen molar-refractivity contribution in [3.63, 3.8) is 0 Å². The number of likely N-dealkylation sites (N-methyl/N-ethyl adjacent to an activating group) is 1. The molecule has 5 nitrogen and oxygen atoms in total. The van der Waals surface area contributed by atoms with Crippen LogP contribution in [0.5, 0.6) is 0 Å². The van der Waals surface area contributed by atoms with Crippen LogP contribution in [0.1, 0.15) is 12.5 Å². The molecule has 1 aromatic carbocycles. The minimum atomic E-state index is -0.559. The van der Waals surface area contributed by atoms with E-state index in [1.54, 1.807) is 12.1 Å². The quantitative estimate of drug-likeness (QED) is 0.368. The van der Waals surface area contributed by atoms with E-state index in [1.807, 2.05) is 6.92 Å². The van der Waals surface area contributed by atoms with Crippen molar-refractivity contribution < 1.29 is 9.72 Å². The van der Waals surface area contributed by atoms with Crippen molar-refractivity contribution in [1.82, 2.24) is 4.90 Å². The molecule has 8 heteroatoms. The molecule has 1 amide bonds. The molecule has 0 aliphatic carbocycles. The molecule has 0 atom stereocenters. The first kappa shape index (κ1) is 15.0. The number of hydrogen-bond acceptors (Lipinski definition) is 5. The van der Waals surface area contributed by atoms with Gasteiger partial charge >= 0.3 is 0 Å². The van der Waals surface area contributed by atoms with Gasteiger partial charge in [-0.3, -0.25) is 19.8 Å². The SMILES string of the molecule is CCN1C(=O)C(=Cc2ccc(Cl)c([N+](=O)[O-])c2)SC1=S. The van der Waals surface area contributed by atoms with Crippen LogP contribution in [-0.4, -0.2) is 26.6 Å². The summed E-state index contributed by atoms with van der Waals surface area (Å²) < 4.78 is 0.493. The lowest BCUT2D eigenvalue weighted by molar-refractivity contribution is -0.384. The van der Waals surface area contributed by atoms with Crippen molar-refractivity contribution >= 4 is 57.6 Å². The van der Waals surface area contributed by atoms with Crippen molar-refractivity contribution in [2.45, 2.75) is 6.92 Å². The second-order valence-corrected chi connectivity index (χ2v) is 5.98. The van der Waals surface area contributed by atoms with Crippen LogP contribution < -0.4 is 0 Å². The smallest absolute Gasteiger partial charge is 0.288 e. The molecule has 0 unspecified atom stereocenters. The van der Waals surface area contributed by atoms with E-state index in [1.165, 1.54) is 28.8 Å². The van der Waals surface area contributed by atoms with Crippen LogP contribution in [0.15, 0.2) is 23.1 Å². The maximum atomic E-state index is 12.0. The Kier molecular flexibility index (Phi) is 4.42. The zero-order chi connectivity index (χ0) is 14.9. The van der Waals surface area contributed by atoms with E-state index in [2.05, 4.69) is 0 Å². The third-order valence-corrected chi connectivity index (χ3v) is 4.35. The molecule has 1 heterocycles. The lowest BCUT2D eigenvalue weighted by atomic mass is 10.2. The van der Waals surface area contributed by atoms with Gasteiger partial charge in [-0.1, -0.05) is 41.6 Å². The third-order valence-electron chi connectivity index (χ3n) is 2.65. The molecule has 1 fully saturated rings. The number of hydrogen-bond donors (Lipinski definition) is 0. The van der Waals surface area contributed by atoms with Crippen LogP contribution in [0.3, 0.4) is 0 Å². The van der Waals surface area contributed by atoms with Crippen molar-refractivity contribution in [1.29, 1.82) is 0 Å². The first-order chi connectivity index (χ1) is 9.43. The number of rotatable bonds is 3. The maximum Gasteiger partial charge on any atom is 0.288 e. The highest BCUT2D eigenvalue weighted by Crippen LogP contribution is 2.33. The van der Waals surface area contributed by atoms with Gasteiger partial charge in [0.05, 0.1) is 9.83 Å². The molecule has 0 N–H and O–H groups in total. The minimum Gasteiger partial charge on any atom is -0.293 e. The van der Waals surface area contributed by atoms with E-state index in [-0.39, 0.29) is 16.6 Å². The van der Waals surface area contributed by atoms with Crippen LogP contribution in [0.2, 0.25) is 5.02 Å². The number of halogens is 1. The number of carbonyl (C=O) groups is 1. The molecule has 104 valence electrons. The fraction of sp³-hybridized carbons (Fsp3) is 0.167. The van der Waals surface area contributed by atoms with E-state index in [4.69, 9.17) is 23.8 Å². The number of nitro groups is 1. The van der Waals surface area contributed by atoms with Crippen LogP contribution in [0.25, 0.3) is 6.08 Å². The molecule has 20 heavy (non-hydrogen) atoms. The van der Waals surface area contributed by atoms with Gasteiger partial charge in [-0.25, -0.2) is 0 Å². The predicted octanol–water partition coefficient (Wildman–Crippen LogP) is 3.47. The first-order valence-electron chi connectivity index (χ1n) is 5.63. The highest BCUT2D eigenvalue weighted by molar-refractivity contribution is 8.26. The Hall–Kier alpha value is -1.44. The highest BCUT2D eigenvalue weighted by atomic mass is 35.5. The van der Waals surface area contributed by atoms with Gasteiger partial charge < -0.3 is 0 Å². The van der Waals surface area contributed by atoms with E-state index in [0.717, 1.165) is 0 Å². The summed E-state index contributed by atoms with van der Waals surface area (Å²) in [5, 5.41) is 10.9. The first-order valence-corrected chi connectivity index (χ1v) is 7.23. The standard InChI is InChI=1S/C12H9ClN2O3S2/c1-2-14-11(16)10(20-12(14)19)6-7-3-4-8(13)9(5-7)15(17)18/h3-6H,2H2,1H3.